The van der Waals surface area contributed by atoms with Crippen LogP contribution in [0.4, 0.5) is 0 Å². The van der Waals surface area contributed by atoms with Crippen LogP contribution in [0.25, 0.3) is 0 Å². The number of fused-ring (bicyclic) bond motifs is 2. The van der Waals surface area contributed by atoms with Crippen molar-refractivity contribution >= 4 is 20.2 Å². The average Bonchev–Trinajstić information content (AvgIpc) is 3.06. The Morgan fingerprint density at radius 3 is 2.04 bits per heavy atom. The molecule has 0 aromatic rings. The van der Waals surface area contributed by atoms with Crippen LogP contribution in [0.5, 0.6) is 0 Å². The molecule has 14 nitrogen and oxygen atoms in total. The second-order valence-electron chi connectivity index (χ2n) is 16.0. The summed E-state index contributed by atoms with van der Waals surface area (Å²) in [6.45, 7) is 0. The molecule has 5 N–H and O–H groups in total. The standard InChI is InChI=1S/C33H57N5O9S2.Cu/c1-47-29-18-26(28(39)17-27(29)37-35-23-11-10-19-6-5-9-30(25(19)16-23)48(41,42)43)36-38-32-31(49(44,45)46)15-20-14-22(12-13-24(20)33(32)40)34-21-7-3-2-4-8-21;/h19-34,39-40H,2-18H2,1H3,(H,41,42,43)(H,44,45,46);. The molecule has 0 aliphatic heterocycles. The van der Waals surface area contributed by atoms with E-state index in [0.717, 1.165) is 57.8 Å². The van der Waals surface area contributed by atoms with Gasteiger partial charge in [0, 0.05) is 49.1 Å². The minimum Gasteiger partial charge on any atom is -0.391 e. The Hall–Kier alpha value is -0.621. The summed E-state index contributed by atoms with van der Waals surface area (Å²) in [6.07, 6.45) is 11.0. The van der Waals surface area contributed by atoms with E-state index in [4.69, 9.17) is 4.74 Å². The first-order valence-corrected chi connectivity index (χ1v) is 21.7. The van der Waals surface area contributed by atoms with Gasteiger partial charge in [-0.3, -0.25) is 9.11 Å². The molecule has 6 fully saturated rings. The van der Waals surface area contributed by atoms with Crippen LogP contribution >= 0.6 is 0 Å². The van der Waals surface area contributed by atoms with Crippen LogP contribution in [0, 0.1) is 23.7 Å². The van der Waals surface area contributed by atoms with Crippen LogP contribution in [0.1, 0.15) is 109 Å². The topological polar surface area (TPSA) is 220 Å². The van der Waals surface area contributed by atoms with Crippen molar-refractivity contribution in [3.8, 4) is 0 Å². The third-order valence-electron chi connectivity index (χ3n) is 13.0. The summed E-state index contributed by atoms with van der Waals surface area (Å²) in [4.78, 5) is 0. The molecule has 0 aromatic carbocycles. The SMILES string of the molecule is COC1CC(N=NC2C(O)C3CCC(NC4CCCCC4)CC3CC2S(=O)(=O)O)C(O)CC1N=NC1CCC2CCCC(S(=O)(=O)O)C2C1.[Cu]. The molecule has 6 rings (SSSR count). The molecule has 17 heteroatoms. The number of aliphatic hydroxyl groups excluding tert-OH is 2. The van der Waals surface area contributed by atoms with E-state index >= 15 is 0 Å². The zero-order valence-corrected chi connectivity index (χ0v) is 31.5. The van der Waals surface area contributed by atoms with Gasteiger partial charge < -0.3 is 20.3 Å². The van der Waals surface area contributed by atoms with Crippen molar-refractivity contribution in [2.45, 2.75) is 174 Å². The van der Waals surface area contributed by atoms with Gasteiger partial charge in [-0.2, -0.15) is 37.3 Å². The number of nitrogens with zero attached hydrogens (tertiary/aromatic N) is 4. The van der Waals surface area contributed by atoms with Gasteiger partial charge in [-0.05, 0) is 87.9 Å². The zero-order valence-electron chi connectivity index (χ0n) is 28.9. The molecular formula is C33H57CuN5O9S2. The molecule has 1 radical (unpaired) electrons. The van der Waals surface area contributed by atoms with Gasteiger partial charge in [-0.15, -0.1) is 0 Å². The predicted molar refractivity (Wildman–Crippen MR) is 182 cm³/mol. The van der Waals surface area contributed by atoms with E-state index in [-0.39, 0.29) is 72.1 Å². The van der Waals surface area contributed by atoms with Gasteiger partial charge in [0.25, 0.3) is 20.2 Å². The van der Waals surface area contributed by atoms with E-state index in [0.29, 0.717) is 18.9 Å². The summed E-state index contributed by atoms with van der Waals surface area (Å²) in [5, 5.41) is 42.2. The number of methoxy groups -OCH3 is 1. The van der Waals surface area contributed by atoms with Crippen molar-refractivity contribution in [2.75, 3.05) is 7.11 Å². The van der Waals surface area contributed by atoms with E-state index in [2.05, 4.69) is 25.8 Å². The normalized spacial score (nSPS) is 43.6. The predicted octanol–water partition coefficient (Wildman–Crippen LogP) is 4.12. The summed E-state index contributed by atoms with van der Waals surface area (Å²) >= 11 is 0. The second kappa shape index (κ2) is 17.2. The molecule has 14 atom stereocenters. The molecule has 6 saturated carbocycles. The Kier molecular flexibility index (Phi) is 14.0. The van der Waals surface area contributed by atoms with Gasteiger partial charge in [-0.25, -0.2) is 0 Å². The first kappa shape index (κ1) is 40.6. The molecule has 0 amide bonds. The van der Waals surface area contributed by atoms with E-state index in [1.165, 1.54) is 19.3 Å². The Bertz CT molecular complexity index is 1400. The molecule has 0 heterocycles. The maximum absolute atomic E-state index is 12.6. The van der Waals surface area contributed by atoms with Gasteiger partial charge >= 0.3 is 0 Å². The summed E-state index contributed by atoms with van der Waals surface area (Å²) < 4.78 is 75.1. The van der Waals surface area contributed by atoms with Crippen molar-refractivity contribution in [2.24, 2.45) is 44.1 Å². The number of azo groups is 2. The molecule has 291 valence electrons. The summed E-state index contributed by atoms with van der Waals surface area (Å²) in [5.41, 5.74) is 0. The van der Waals surface area contributed by atoms with E-state index < -0.39 is 67.2 Å². The van der Waals surface area contributed by atoms with E-state index in [9.17, 15) is 36.2 Å². The molecule has 6 aliphatic rings. The summed E-state index contributed by atoms with van der Waals surface area (Å²) in [5.74, 6) is -0.0875. The largest absolute Gasteiger partial charge is 0.391 e. The maximum atomic E-state index is 12.6. The number of hydrogen-bond donors (Lipinski definition) is 5. The van der Waals surface area contributed by atoms with Gasteiger partial charge in [0.1, 0.15) is 11.3 Å². The smallest absolute Gasteiger partial charge is 0.270 e. The minimum absolute atomic E-state index is 0. The molecule has 0 bridgehead atoms. The molecule has 0 spiro atoms. The third kappa shape index (κ3) is 9.54. The average molecular weight is 796 g/mol. The first-order chi connectivity index (χ1) is 23.3. The van der Waals surface area contributed by atoms with Crippen LogP contribution < -0.4 is 5.32 Å². The zero-order chi connectivity index (χ0) is 34.9. The Balaban J connectivity index is 0.00000486. The van der Waals surface area contributed by atoms with E-state index in [1.807, 2.05) is 0 Å². The molecule has 14 unspecified atom stereocenters. The summed E-state index contributed by atoms with van der Waals surface area (Å²) in [7, 11) is -7.12. The number of aliphatic hydroxyl groups is 2. The van der Waals surface area contributed by atoms with Crippen molar-refractivity contribution in [3.05, 3.63) is 0 Å². The quantitative estimate of drug-likeness (QED) is 0.128. The number of nitrogens with one attached hydrogen (secondary N) is 1. The minimum atomic E-state index is -4.53. The number of rotatable bonds is 9. The number of hydrogen-bond acceptors (Lipinski definition) is 12. The second-order valence-corrected chi connectivity index (χ2v) is 19.3. The molecule has 50 heavy (non-hydrogen) atoms. The van der Waals surface area contributed by atoms with Gasteiger partial charge in [0.05, 0.1) is 41.7 Å². The van der Waals surface area contributed by atoms with Crippen molar-refractivity contribution in [1.82, 2.24) is 5.32 Å². The fourth-order valence-corrected chi connectivity index (χ4v) is 12.7. The van der Waals surface area contributed by atoms with Crippen LogP contribution in [0.2, 0.25) is 0 Å². The van der Waals surface area contributed by atoms with Gasteiger partial charge in [0.2, 0.25) is 0 Å². The van der Waals surface area contributed by atoms with Gasteiger partial charge in [0.15, 0.2) is 0 Å². The van der Waals surface area contributed by atoms with Gasteiger partial charge in [-0.1, -0.05) is 32.1 Å². The van der Waals surface area contributed by atoms with Crippen LogP contribution in [0.3, 0.4) is 0 Å². The Morgan fingerprint density at radius 2 is 1.34 bits per heavy atom. The molecule has 0 aromatic heterocycles. The van der Waals surface area contributed by atoms with Crippen LogP contribution in [-0.4, -0.2) is 108 Å². The number of ether oxygens (including phenoxy) is 1. The van der Waals surface area contributed by atoms with Crippen molar-refractivity contribution < 1.29 is 58.0 Å². The maximum Gasteiger partial charge on any atom is 0.270 e. The van der Waals surface area contributed by atoms with Crippen LogP contribution in [-0.2, 0) is 42.0 Å². The van der Waals surface area contributed by atoms with Crippen molar-refractivity contribution in [3.63, 3.8) is 0 Å². The molecule has 0 saturated heterocycles. The molecule has 6 aliphatic carbocycles. The molecular weight excluding hydrogens is 738 g/mol. The monoisotopic (exact) mass is 794 g/mol. The third-order valence-corrected chi connectivity index (χ3v) is 15.6. The van der Waals surface area contributed by atoms with Crippen LogP contribution in [0.15, 0.2) is 20.5 Å². The fourth-order valence-electron chi connectivity index (χ4n) is 10.4. The first-order valence-electron chi connectivity index (χ1n) is 18.7. The Labute approximate surface area is 307 Å². The van der Waals surface area contributed by atoms with E-state index in [1.54, 1.807) is 7.11 Å². The van der Waals surface area contributed by atoms with Crippen molar-refractivity contribution in [1.29, 1.82) is 0 Å². The Morgan fingerprint density at radius 1 is 0.620 bits per heavy atom. The fraction of sp³-hybridized carbons (Fsp3) is 1.00. The summed E-state index contributed by atoms with van der Waals surface area (Å²) in [6, 6.07) is -1.74.